The maximum absolute atomic E-state index is 12.6. The van der Waals surface area contributed by atoms with Crippen LogP contribution in [0.1, 0.15) is 32.8 Å². The number of aryl methyl sites for hydroxylation is 1. The number of hydrogen-bond donors (Lipinski definition) is 1. The number of nitrogens with one attached hydrogen (secondary N) is 1. The van der Waals surface area contributed by atoms with Gasteiger partial charge in [-0.1, -0.05) is 38.1 Å². The second-order valence-electron chi connectivity index (χ2n) is 7.79. The van der Waals surface area contributed by atoms with E-state index in [1.807, 2.05) is 48.5 Å². The first-order valence-corrected chi connectivity index (χ1v) is 11.2. The monoisotopic (exact) mass is 436 g/mol. The van der Waals surface area contributed by atoms with E-state index in [1.54, 1.807) is 6.92 Å². The highest BCUT2D eigenvalue weighted by molar-refractivity contribution is 5.92. The summed E-state index contributed by atoms with van der Waals surface area (Å²) in [5, 5.41) is 2.91. The molecule has 0 saturated carbocycles. The Morgan fingerprint density at radius 2 is 1.78 bits per heavy atom. The Morgan fingerprint density at radius 1 is 1.06 bits per heavy atom. The van der Waals surface area contributed by atoms with Crippen LogP contribution in [0.3, 0.4) is 0 Å². The van der Waals surface area contributed by atoms with Crippen molar-refractivity contribution in [1.82, 2.24) is 14.5 Å². The molecule has 170 valence electrons. The average molecular weight is 437 g/mol. The van der Waals surface area contributed by atoms with Gasteiger partial charge in [0.25, 0.3) is 5.91 Å². The summed E-state index contributed by atoms with van der Waals surface area (Å²) < 4.78 is 7.69. The Morgan fingerprint density at radius 3 is 2.47 bits per heavy atom. The number of ether oxygens (including phenoxy) is 1. The third-order valence-corrected chi connectivity index (χ3v) is 5.50. The normalized spacial score (nSPS) is 11.1. The number of Topliss-reactive ketones (excluding diaryl/α,β-unsaturated/α-hetero) is 1. The van der Waals surface area contributed by atoms with E-state index in [2.05, 4.69) is 33.6 Å². The van der Waals surface area contributed by atoms with Crippen LogP contribution in [0.4, 0.5) is 5.95 Å². The smallest absolute Gasteiger partial charge is 0.264 e. The number of likely N-dealkylation sites (N-methyl/N-ethyl adjacent to an activating group) is 1. The van der Waals surface area contributed by atoms with Crippen molar-refractivity contribution >= 4 is 28.7 Å². The van der Waals surface area contributed by atoms with Crippen molar-refractivity contribution in [2.75, 3.05) is 31.6 Å². The van der Waals surface area contributed by atoms with Crippen LogP contribution in [0, 0.1) is 0 Å². The molecule has 0 saturated heterocycles. The van der Waals surface area contributed by atoms with Crippen molar-refractivity contribution < 1.29 is 14.3 Å². The Labute approximate surface area is 189 Å². The average Bonchev–Trinajstić information content (AvgIpc) is 3.14. The lowest BCUT2D eigenvalue weighted by Crippen LogP contribution is -2.28. The van der Waals surface area contributed by atoms with E-state index in [9.17, 15) is 9.59 Å². The number of hydrogen-bond acceptors (Lipinski definition) is 5. The SMILES string of the molecule is CCN(CC)CCn1c(NC(=O)COc2ccc(CCC(C)=O)cc2)nc2ccccc21. The van der Waals surface area contributed by atoms with Crippen LogP contribution in [0.25, 0.3) is 11.0 Å². The molecule has 1 amide bonds. The molecule has 0 unspecified atom stereocenters. The van der Waals surface area contributed by atoms with Crippen LogP contribution in [-0.2, 0) is 22.6 Å². The van der Waals surface area contributed by atoms with Gasteiger partial charge in [0.2, 0.25) is 5.95 Å². The number of fused-ring (bicyclic) bond motifs is 1. The number of anilines is 1. The van der Waals surface area contributed by atoms with Crippen molar-refractivity contribution in [1.29, 1.82) is 0 Å². The van der Waals surface area contributed by atoms with Gasteiger partial charge in [-0.3, -0.25) is 10.1 Å². The second-order valence-corrected chi connectivity index (χ2v) is 7.79. The quantitative estimate of drug-likeness (QED) is 0.466. The number of ketones is 1. The first kappa shape index (κ1) is 23.5. The third-order valence-electron chi connectivity index (χ3n) is 5.50. The first-order valence-electron chi connectivity index (χ1n) is 11.2. The second kappa shape index (κ2) is 11.4. The van der Waals surface area contributed by atoms with Crippen LogP contribution >= 0.6 is 0 Å². The Balaban J connectivity index is 1.62. The topological polar surface area (TPSA) is 76.5 Å². The largest absolute Gasteiger partial charge is 0.484 e. The van der Waals surface area contributed by atoms with E-state index in [-0.39, 0.29) is 18.3 Å². The molecule has 0 aliphatic rings. The number of aromatic nitrogens is 2. The van der Waals surface area contributed by atoms with E-state index >= 15 is 0 Å². The number of benzene rings is 2. The van der Waals surface area contributed by atoms with Crippen LogP contribution < -0.4 is 10.1 Å². The molecular formula is C25H32N4O3. The zero-order valence-electron chi connectivity index (χ0n) is 19.1. The molecule has 3 aromatic rings. The molecular weight excluding hydrogens is 404 g/mol. The van der Waals surface area contributed by atoms with Gasteiger partial charge in [-0.25, -0.2) is 4.98 Å². The van der Waals surface area contributed by atoms with E-state index in [0.29, 0.717) is 24.5 Å². The Hall–Kier alpha value is -3.19. The predicted octanol–water partition coefficient (Wildman–Crippen LogP) is 3.92. The summed E-state index contributed by atoms with van der Waals surface area (Å²) in [6.07, 6.45) is 1.23. The lowest BCUT2D eigenvalue weighted by Gasteiger charge is -2.19. The molecule has 32 heavy (non-hydrogen) atoms. The molecule has 0 aliphatic heterocycles. The molecule has 0 spiro atoms. The van der Waals surface area contributed by atoms with E-state index in [4.69, 9.17) is 4.74 Å². The van der Waals surface area contributed by atoms with Gasteiger partial charge in [0.15, 0.2) is 6.61 Å². The highest BCUT2D eigenvalue weighted by Gasteiger charge is 2.14. The van der Waals surface area contributed by atoms with Crippen molar-refractivity contribution in [3.8, 4) is 5.75 Å². The van der Waals surface area contributed by atoms with Crippen molar-refractivity contribution in [2.24, 2.45) is 0 Å². The number of carbonyl (C=O) groups excluding carboxylic acids is 2. The van der Waals surface area contributed by atoms with Gasteiger partial charge >= 0.3 is 0 Å². The minimum absolute atomic E-state index is 0.105. The Bertz CT molecular complexity index is 1040. The lowest BCUT2D eigenvalue weighted by molar-refractivity contribution is -0.118. The van der Waals surface area contributed by atoms with E-state index < -0.39 is 0 Å². The van der Waals surface area contributed by atoms with Gasteiger partial charge in [0.05, 0.1) is 11.0 Å². The van der Waals surface area contributed by atoms with Crippen LogP contribution in [0.15, 0.2) is 48.5 Å². The predicted molar refractivity (Wildman–Crippen MR) is 127 cm³/mol. The third kappa shape index (κ3) is 6.40. The van der Waals surface area contributed by atoms with Crippen molar-refractivity contribution in [3.63, 3.8) is 0 Å². The maximum atomic E-state index is 12.6. The molecule has 2 aromatic carbocycles. The van der Waals surface area contributed by atoms with Gasteiger partial charge in [-0.2, -0.15) is 0 Å². The fraction of sp³-hybridized carbons (Fsp3) is 0.400. The summed E-state index contributed by atoms with van der Waals surface area (Å²) in [4.78, 5) is 30.6. The van der Waals surface area contributed by atoms with Gasteiger partial charge in [0.1, 0.15) is 11.5 Å². The zero-order chi connectivity index (χ0) is 22.9. The molecule has 0 aliphatic carbocycles. The zero-order valence-corrected chi connectivity index (χ0v) is 19.1. The summed E-state index contributed by atoms with van der Waals surface area (Å²) in [6, 6.07) is 15.4. The summed E-state index contributed by atoms with van der Waals surface area (Å²) in [5.74, 6) is 1.06. The number of amides is 1. The maximum Gasteiger partial charge on any atom is 0.264 e. The van der Waals surface area contributed by atoms with Gasteiger partial charge in [-0.05, 0) is 56.3 Å². The van der Waals surface area contributed by atoms with E-state index in [1.165, 1.54) is 0 Å². The fourth-order valence-electron chi connectivity index (χ4n) is 3.56. The molecule has 1 heterocycles. The number of nitrogens with zero attached hydrogens (tertiary/aromatic N) is 3. The van der Waals surface area contributed by atoms with Crippen LogP contribution in [0.5, 0.6) is 5.75 Å². The molecule has 7 heteroatoms. The first-order chi connectivity index (χ1) is 15.5. The standard InChI is InChI=1S/C25H32N4O3/c1-4-28(5-2)16-17-29-23-9-7-6-8-22(23)26-25(29)27-24(31)18-32-21-14-12-20(13-15-21)11-10-19(3)30/h6-9,12-15H,4-5,10-11,16-18H2,1-3H3,(H,26,27,31). The lowest BCUT2D eigenvalue weighted by atomic mass is 10.1. The molecule has 0 fully saturated rings. The summed E-state index contributed by atoms with van der Waals surface area (Å²) in [6.45, 7) is 9.35. The Kier molecular flexibility index (Phi) is 8.39. The molecule has 1 aromatic heterocycles. The van der Waals surface area contributed by atoms with Crippen LogP contribution in [-0.4, -0.2) is 52.4 Å². The van der Waals surface area contributed by atoms with Gasteiger partial charge in [-0.15, -0.1) is 0 Å². The summed E-state index contributed by atoms with van der Waals surface area (Å²) in [5.41, 5.74) is 2.92. The molecule has 1 N–H and O–H groups in total. The number of imidazole rings is 1. The number of para-hydroxylation sites is 2. The van der Waals surface area contributed by atoms with Crippen molar-refractivity contribution in [2.45, 2.75) is 40.2 Å². The summed E-state index contributed by atoms with van der Waals surface area (Å²) in [7, 11) is 0. The number of rotatable bonds is 12. The molecule has 3 rings (SSSR count). The number of carbonyl (C=O) groups is 2. The summed E-state index contributed by atoms with van der Waals surface area (Å²) >= 11 is 0. The minimum Gasteiger partial charge on any atom is -0.484 e. The fourth-order valence-corrected chi connectivity index (χ4v) is 3.56. The highest BCUT2D eigenvalue weighted by Crippen LogP contribution is 2.20. The van der Waals surface area contributed by atoms with E-state index in [0.717, 1.165) is 42.8 Å². The highest BCUT2D eigenvalue weighted by atomic mass is 16.5. The van der Waals surface area contributed by atoms with Gasteiger partial charge < -0.3 is 19.0 Å². The van der Waals surface area contributed by atoms with Gasteiger partial charge in [0, 0.05) is 19.5 Å². The molecule has 0 bridgehead atoms. The van der Waals surface area contributed by atoms with Crippen LogP contribution in [0.2, 0.25) is 0 Å². The van der Waals surface area contributed by atoms with Crippen molar-refractivity contribution in [3.05, 3.63) is 54.1 Å². The minimum atomic E-state index is -0.259. The molecule has 0 atom stereocenters. The molecule has 7 nitrogen and oxygen atoms in total. The molecule has 0 radical (unpaired) electrons.